The third-order valence-corrected chi connectivity index (χ3v) is 6.47. The van der Waals surface area contributed by atoms with Crippen LogP contribution in [0.3, 0.4) is 0 Å². The van der Waals surface area contributed by atoms with E-state index in [9.17, 15) is 4.79 Å². The molecule has 5 nitrogen and oxygen atoms in total. The first-order valence-electron chi connectivity index (χ1n) is 9.92. The molecule has 0 aliphatic heterocycles. The molecule has 29 heavy (non-hydrogen) atoms. The first-order chi connectivity index (χ1) is 13.7. The molecule has 0 bridgehead atoms. The molecule has 0 spiro atoms. The van der Waals surface area contributed by atoms with Crippen molar-refractivity contribution in [2.75, 3.05) is 0 Å². The minimum absolute atomic E-state index is 0.126. The summed E-state index contributed by atoms with van der Waals surface area (Å²) in [6.07, 6.45) is 1.70. The molecule has 2 aromatic heterocycles. The van der Waals surface area contributed by atoms with Crippen LogP contribution in [0.1, 0.15) is 53.0 Å². The van der Waals surface area contributed by atoms with Crippen LogP contribution < -0.4 is 0 Å². The van der Waals surface area contributed by atoms with Crippen molar-refractivity contribution < 1.29 is 14.3 Å². The average Bonchev–Trinajstić information content (AvgIpc) is 3.21. The molecule has 0 atom stereocenters. The van der Waals surface area contributed by atoms with E-state index in [0.29, 0.717) is 24.1 Å². The maximum atomic E-state index is 10.9. The van der Waals surface area contributed by atoms with Crippen molar-refractivity contribution in [1.29, 1.82) is 0 Å². The number of hydrogen-bond donors (Lipinski definition) is 1. The van der Waals surface area contributed by atoms with E-state index in [0.717, 1.165) is 33.6 Å². The van der Waals surface area contributed by atoms with Crippen LogP contribution >= 0.6 is 11.3 Å². The van der Waals surface area contributed by atoms with Crippen molar-refractivity contribution in [3.05, 3.63) is 44.8 Å². The van der Waals surface area contributed by atoms with Crippen LogP contribution in [0.25, 0.3) is 22.2 Å². The van der Waals surface area contributed by atoms with Gasteiger partial charge in [-0.2, -0.15) is 0 Å². The Hall–Kier alpha value is -2.47. The van der Waals surface area contributed by atoms with Crippen LogP contribution in [0.15, 0.2) is 16.5 Å². The second kappa shape index (κ2) is 8.49. The van der Waals surface area contributed by atoms with Gasteiger partial charge in [-0.3, -0.25) is 4.79 Å². The smallest absolute Gasteiger partial charge is 0.303 e. The quantitative estimate of drug-likeness (QED) is 0.522. The highest BCUT2D eigenvalue weighted by atomic mass is 32.1. The van der Waals surface area contributed by atoms with Crippen LogP contribution in [0.4, 0.5) is 0 Å². The highest BCUT2D eigenvalue weighted by Gasteiger charge is 2.20. The van der Waals surface area contributed by atoms with Gasteiger partial charge in [0.2, 0.25) is 5.89 Å². The van der Waals surface area contributed by atoms with E-state index >= 15 is 0 Å². The molecule has 0 saturated carbocycles. The second-order valence-corrected chi connectivity index (χ2v) is 9.31. The van der Waals surface area contributed by atoms with Gasteiger partial charge in [-0.05, 0) is 86.4 Å². The highest BCUT2D eigenvalue weighted by molar-refractivity contribution is 7.15. The Morgan fingerprint density at radius 1 is 1.07 bits per heavy atom. The normalized spacial score (nSPS) is 11.4. The number of benzene rings is 1. The van der Waals surface area contributed by atoms with E-state index in [4.69, 9.17) is 9.52 Å². The van der Waals surface area contributed by atoms with Crippen molar-refractivity contribution in [1.82, 2.24) is 10.2 Å². The topological polar surface area (TPSA) is 76.2 Å². The summed E-state index contributed by atoms with van der Waals surface area (Å²) < 4.78 is 6.05. The zero-order valence-corrected chi connectivity index (χ0v) is 18.7. The van der Waals surface area contributed by atoms with Gasteiger partial charge in [0.05, 0.1) is 4.88 Å². The average molecular weight is 413 g/mol. The van der Waals surface area contributed by atoms with Gasteiger partial charge in [0.1, 0.15) is 0 Å². The first-order valence-corrected chi connectivity index (χ1v) is 10.7. The SMILES string of the molecule is Cc1cc(-c2nnc(-c3sc(C)c(CC(C)C)c3C)o2)cc(C)c1CCC(=O)O. The summed E-state index contributed by atoms with van der Waals surface area (Å²) >= 11 is 1.71. The highest BCUT2D eigenvalue weighted by Crippen LogP contribution is 2.37. The largest absolute Gasteiger partial charge is 0.481 e. The molecule has 0 amide bonds. The second-order valence-electron chi connectivity index (χ2n) is 8.08. The van der Waals surface area contributed by atoms with E-state index in [-0.39, 0.29) is 6.42 Å². The number of aryl methyl sites for hydroxylation is 3. The van der Waals surface area contributed by atoms with Gasteiger partial charge in [0.25, 0.3) is 5.89 Å². The van der Waals surface area contributed by atoms with Crippen LogP contribution in [0.2, 0.25) is 0 Å². The Morgan fingerprint density at radius 2 is 1.69 bits per heavy atom. The molecule has 1 N–H and O–H groups in total. The molecule has 6 heteroatoms. The fourth-order valence-electron chi connectivity index (χ4n) is 3.78. The van der Waals surface area contributed by atoms with Gasteiger partial charge in [-0.25, -0.2) is 0 Å². The molecule has 0 saturated heterocycles. The molecule has 2 heterocycles. The summed E-state index contributed by atoms with van der Waals surface area (Å²) in [4.78, 5) is 13.3. The van der Waals surface area contributed by atoms with E-state index in [2.05, 4.69) is 37.9 Å². The first kappa shape index (κ1) is 21.2. The number of thiophene rings is 1. The molecule has 3 rings (SSSR count). The summed E-state index contributed by atoms with van der Waals surface area (Å²) in [5.74, 6) is 0.865. The Bertz CT molecular complexity index is 1020. The molecule has 0 unspecified atom stereocenters. The summed E-state index contributed by atoms with van der Waals surface area (Å²) in [5, 5.41) is 17.6. The van der Waals surface area contributed by atoms with Crippen LogP contribution in [0, 0.1) is 33.6 Å². The monoisotopic (exact) mass is 412 g/mol. The van der Waals surface area contributed by atoms with E-state index in [1.807, 2.05) is 26.0 Å². The zero-order valence-electron chi connectivity index (χ0n) is 17.9. The van der Waals surface area contributed by atoms with Crippen LogP contribution in [-0.2, 0) is 17.6 Å². The van der Waals surface area contributed by atoms with Gasteiger partial charge in [0, 0.05) is 16.9 Å². The molecule has 154 valence electrons. The lowest BCUT2D eigenvalue weighted by atomic mass is 9.96. The molecule has 1 aromatic carbocycles. The number of nitrogens with zero attached hydrogens (tertiary/aromatic N) is 2. The molecule has 0 aliphatic carbocycles. The van der Waals surface area contributed by atoms with Crippen molar-refractivity contribution in [2.45, 2.75) is 60.8 Å². The minimum atomic E-state index is -0.784. The Kier molecular flexibility index (Phi) is 6.22. The maximum absolute atomic E-state index is 10.9. The summed E-state index contributed by atoms with van der Waals surface area (Å²) in [6.45, 7) is 12.7. The fourth-order valence-corrected chi connectivity index (χ4v) is 4.89. The van der Waals surface area contributed by atoms with Crippen molar-refractivity contribution in [2.24, 2.45) is 5.92 Å². The van der Waals surface area contributed by atoms with E-state index in [1.165, 1.54) is 16.0 Å². The van der Waals surface area contributed by atoms with Crippen LogP contribution in [0.5, 0.6) is 0 Å². The number of rotatable bonds is 7. The zero-order chi connectivity index (χ0) is 21.3. The molecular weight excluding hydrogens is 384 g/mol. The lowest BCUT2D eigenvalue weighted by Crippen LogP contribution is -2.01. The third kappa shape index (κ3) is 4.58. The number of aliphatic carboxylic acids is 1. The van der Waals surface area contributed by atoms with Crippen molar-refractivity contribution in [3.63, 3.8) is 0 Å². The Labute approximate surface area is 175 Å². The Balaban J connectivity index is 1.92. The minimum Gasteiger partial charge on any atom is -0.481 e. The third-order valence-electron chi connectivity index (χ3n) is 5.24. The summed E-state index contributed by atoms with van der Waals surface area (Å²) in [5.41, 5.74) is 6.64. The lowest BCUT2D eigenvalue weighted by Gasteiger charge is -2.10. The fraction of sp³-hybridized carbons (Fsp3) is 0.435. The number of hydrogen-bond acceptors (Lipinski definition) is 5. The molecule has 3 aromatic rings. The van der Waals surface area contributed by atoms with E-state index < -0.39 is 5.97 Å². The predicted octanol–water partition coefficient (Wildman–Crippen LogP) is 5.91. The number of carbonyl (C=O) groups is 1. The predicted molar refractivity (Wildman–Crippen MR) is 116 cm³/mol. The number of carboxylic acids is 1. The van der Waals surface area contributed by atoms with E-state index in [1.54, 1.807) is 11.3 Å². The van der Waals surface area contributed by atoms with Gasteiger partial charge in [0.15, 0.2) is 0 Å². The lowest BCUT2D eigenvalue weighted by molar-refractivity contribution is -0.136. The number of aromatic nitrogens is 2. The molecule has 0 radical (unpaired) electrons. The van der Waals surface area contributed by atoms with Gasteiger partial charge in [-0.15, -0.1) is 21.5 Å². The summed E-state index contributed by atoms with van der Waals surface area (Å²) in [6, 6.07) is 4.00. The van der Waals surface area contributed by atoms with Crippen molar-refractivity contribution >= 4 is 17.3 Å². The van der Waals surface area contributed by atoms with Gasteiger partial charge >= 0.3 is 5.97 Å². The summed E-state index contributed by atoms with van der Waals surface area (Å²) in [7, 11) is 0. The van der Waals surface area contributed by atoms with Gasteiger partial charge < -0.3 is 9.52 Å². The molecule has 0 fully saturated rings. The molecular formula is C23H28N2O3S. The Morgan fingerprint density at radius 3 is 2.28 bits per heavy atom. The molecule has 0 aliphatic rings. The number of carboxylic acid groups (broad SMARTS) is 1. The van der Waals surface area contributed by atoms with Crippen molar-refractivity contribution in [3.8, 4) is 22.2 Å². The maximum Gasteiger partial charge on any atom is 0.303 e. The standard InChI is InChI=1S/C23H28N2O3S/c1-12(2)9-19-15(5)21(29-16(19)6)23-25-24-22(28-23)17-10-13(3)18(14(4)11-17)7-8-20(26)27/h10-12H,7-9H2,1-6H3,(H,26,27). The van der Waals surface area contributed by atoms with Crippen LogP contribution in [-0.4, -0.2) is 21.3 Å². The van der Waals surface area contributed by atoms with Gasteiger partial charge in [-0.1, -0.05) is 13.8 Å².